The Morgan fingerprint density at radius 1 is 1.06 bits per heavy atom. The molecule has 1 aromatic rings. The van der Waals surface area contributed by atoms with Crippen LogP contribution in [0.5, 0.6) is 5.88 Å². The molecule has 0 N–H and O–H groups in total. The van der Waals surface area contributed by atoms with Crippen molar-refractivity contribution in [3.8, 4) is 5.88 Å². The monoisotopic (exact) mass is 463 g/mol. The Hall–Kier alpha value is -2.25. The van der Waals surface area contributed by atoms with Crippen molar-refractivity contribution >= 4 is 12.1 Å². The molecule has 33 heavy (non-hydrogen) atoms. The molecule has 1 amide bonds. The summed E-state index contributed by atoms with van der Waals surface area (Å²) < 4.78 is 18.7. The molecule has 3 rings (SSSR count). The number of hydrogen-bond donors (Lipinski definition) is 0. The van der Waals surface area contributed by atoms with Crippen molar-refractivity contribution in [2.45, 2.75) is 91.2 Å². The van der Waals surface area contributed by atoms with Crippen molar-refractivity contribution in [1.29, 1.82) is 0 Å². The smallest absolute Gasteiger partial charge is 0.410 e. The van der Waals surface area contributed by atoms with Crippen molar-refractivity contribution < 1.29 is 23.8 Å². The highest BCUT2D eigenvalue weighted by atomic mass is 16.6. The third kappa shape index (κ3) is 7.64. The fraction of sp³-hybridized carbons (Fsp3) is 0.800. The van der Waals surface area contributed by atoms with Gasteiger partial charge < -0.3 is 19.1 Å². The van der Waals surface area contributed by atoms with Gasteiger partial charge in [-0.1, -0.05) is 19.3 Å². The van der Waals surface area contributed by atoms with Crippen molar-refractivity contribution in [2.24, 2.45) is 11.8 Å². The van der Waals surface area contributed by atoms with Crippen molar-refractivity contribution in [2.75, 3.05) is 26.3 Å². The summed E-state index contributed by atoms with van der Waals surface area (Å²) in [6.45, 7) is 10.5. The molecule has 0 spiro atoms. The number of ether oxygens (including phenoxy) is 3. The van der Waals surface area contributed by atoms with E-state index in [1.165, 1.54) is 32.1 Å². The zero-order valence-electron chi connectivity index (χ0n) is 20.8. The fourth-order valence-corrected chi connectivity index (χ4v) is 4.62. The van der Waals surface area contributed by atoms with Crippen LogP contribution in [0.1, 0.15) is 89.4 Å². The molecular weight excluding hydrogens is 422 g/mol. The van der Waals surface area contributed by atoms with Crippen molar-refractivity contribution in [3.05, 3.63) is 11.8 Å². The first-order chi connectivity index (χ1) is 15.8. The number of rotatable bonds is 8. The van der Waals surface area contributed by atoms with Gasteiger partial charge in [-0.2, -0.15) is 5.10 Å². The molecule has 0 radical (unpaired) electrons. The summed E-state index contributed by atoms with van der Waals surface area (Å²) in [5.74, 6) is 1.18. The van der Waals surface area contributed by atoms with Gasteiger partial charge in [-0.3, -0.25) is 0 Å². The first kappa shape index (κ1) is 25.4. The lowest BCUT2D eigenvalue weighted by atomic mass is 9.90. The predicted molar refractivity (Wildman–Crippen MR) is 125 cm³/mol. The van der Waals surface area contributed by atoms with Gasteiger partial charge in [0.1, 0.15) is 11.2 Å². The van der Waals surface area contributed by atoms with E-state index in [0.717, 1.165) is 19.3 Å². The van der Waals surface area contributed by atoms with E-state index in [1.807, 2.05) is 25.5 Å². The van der Waals surface area contributed by atoms with Crippen LogP contribution >= 0.6 is 0 Å². The van der Waals surface area contributed by atoms with Gasteiger partial charge >= 0.3 is 12.1 Å². The van der Waals surface area contributed by atoms with E-state index in [2.05, 4.69) is 5.10 Å². The number of aryl methyl sites for hydroxylation is 1. The number of nitrogens with zero attached hydrogens (tertiary/aromatic N) is 3. The Bertz CT molecular complexity index is 771. The van der Waals surface area contributed by atoms with Gasteiger partial charge in [-0.25, -0.2) is 14.3 Å². The molecule has 1 aliphatic carbocycles. The third-order valence-electron chi connectivity index (χ3n) is 6.48. The number of likely N-dealkylation sites (tertiary alicyclic amines) is 1. The largest absolute Gasteiger partial charge is 0.477 e. The summed E-state index contributed by atoms with van der Waals surface area (Å²) in [7, 11) is 0. The highest BCUT2D eigenvalue weighted by molar-refractivity contribution is 5.91. The first-order valence-electron chi connectivity index (χ1n) is 12.6. The Balaban J connectivity index is 1.55. The highest BCUT2D eigenvalue weighted by Crippen LogP contribution is 2.28. The van der Waals surface area contributed by atoms with E-state index in [4.69, 9.17) is 14.2 Å². The minimum atomic E-state index is -0.474. The van der Waals surface area contributed by atoms with Crippen LogP contribution in [0.2, 0.25) is 0 Å². The summed E-state index contributed by atoms with van der Waals surface area (Å²) in [6.07, 6.45) is 10.3. The van der Waals surface area contributed by atoms with E-state index in [1.54, 1.807) is 18.0 Å². The van der Waals surface area contributed by atoms with Crippen molar-refractivity contribution in [3.63, 3.8) is 0 Å². The van der Waals surface area contributed by atoms with Crippen LogP contribution in [0.3, 0.4) is 0 Å². The van der Waals surface area contributed by atoms with Crippen LogP contribution in [0, 0.1) is 11.8 Å². The lowest BCUT2D eigenvalue weighted by molar-refractivity contribution is 0.0179. The Kier molecular flexibility index (Phi) is 9.03. The zero-order valence-corrected chi connectivity index (χ0v) is 20.8. The molecule has 1 saturated heterocycles. The second-order valence-corrected chi connectivity index (χ2v) is 10.3. The molecule has 0 aromatic carbocycles. The van der Waals surface area contributed by atoms with Crippen LogP contribution in [0.4, 0.5) is 4.79 Å². The number of piperidine rings is 1. The number of aromatic nitrogens is 2. The van der Waals surface area contributed by atoms with E-state index in [9.17, 15) is 9.59 Å². The highest BCUT2D eigenvalue weighted by Gasteiger charge is 2.28. The average molecular weight is 464 g/mol. The second-order valence-electron chi connectivity index (χ2n) is 10.3. The Labute approximate surface area is 197 Å². The summed E-state index contributed by atoms with van der Waals surface area (Å²) in [6, 6.07) is 0. The minimum absolute atomic E-state index is 0.231. The van der Waals surface area contributed by atoms with Crippen LogP contribution in [0.25, 0.3) is 0 Å². The average Bonchev–Trinajstić information content (AvgIpc) is 3.19. The second kappa shape index (κ2) is 11.7. The molecule has 2 heterocycles. The molecule has 1 aliphatic heterocycles. The van der Waals surface area contributed by atoms with E-state index >= 15 is 0 Å². The molecule has 0 unspecified atom stereocenters. The first-order valence-corrected chi connectivity index (χ1v) is 12.6. The van der Waals surface area contributed by atoms with E-state index in [-0.39, 0.29) is 12.1 Å². The van der Waals surface area contributed by atoms with Gasteiger partial charge in [0.25, 0.3) is 0 Å². The molecule has 1 saturated carbocycles. The Morgan fingerprint density at radius 3 is 2.39 bits per heavy atom. The lowest BCUT2D eigenvalue weighted by Crippen LogP contribution is -2.41. The molecule has 8 nitrogen and oxygen atoms in total. The number of carbonyl (C=O) groups is 2. The van der Waals surface area contributed by atoms with Gasteiger partial charge in [-0.05, 0) is 71.6 Å². The number of hydrogen-bond acceptors (Lipinski definition) is 6. The fourth-order valence-electron chi connectivity index (χ4n) is 4.62. The summed E-state index contributed by atoms with van der Waals surface area (Å²) in [4.78, 5) is 26.5. The number of carbonyl (C=O) groups excluding carboxylic acids is 2. The van der Waals surface area contributed by atoms with Gasteiger partial charge in [0.05, 0.1) is 19.4 Å². The normalized spacial score (nSPS) is 18.2. The zero-order chi connectivity index (χ0) is 23.8. The van der Waals surface area contributed by atoms with Gasteiger partial charge in [0, 0.05) is 19.6 Å². The third-order valence-corrected chi connectivity index (χ3v) is 6.48. The van der Waals surface area contributed by atoms with Gasteiger partial charge in [0.2, 0.25) is 5.88 Å². The Morgan fingerprint density at radius 2 is 1.76 bits per heavy atom. The molecule has 2 fully saturated rings. The number of amides is 1. The topological polar surface area (TPSA) is 82.9 Å². The van der Waals surface area contributed by atoms with E-state index < -0.39 is 5.60 Å². The summed E-state index contributed by atoms with van der Waals surface area (Å²) >= 11 is 0. The van der Waals surface area contributed by atoms with Crippen LogP contribution in [-0.2, 0) is 16.0 Å². The maximum absolute atomic E-state index is 12.4. The van der Waals surface area contributed by atoms with Crippen molar-refractivity contribution in [1.82, 2.24) is 14.7 Å². The summed E-state index contributed by atoms with van der Waals surface area (Å²) in [5, 5.41) is 4.46. The lowest BCUT2D eigenvalue weighted by Gasteiger charge is -2.33. The molecule has 1 aromatic heterocycles. The molecule has 0 bridgehead atoms. The number of esters is 1. The maximum Gasteiger partial charge on any atom is 0.410 e. The summed E-state index contributed by atoms with van der Waals surface area (Å²) in [5.41, 5.74) is -0.0639. The van der Waals surface area contributed by atoms with Gasteiger partial charge in [-0.15, -0.1) is 0 Å². The van der Waals surface area contributed by atoms with Crippen LogP contribution < -0.4 is 4.74 Å². The van der Waals surface area contributed by atoms with Gasteiger partial charge in [0.15, 0.2) is 0 Å². The minimum Gasteiger partial charge on any atom is -0.477 e. The SMILES string of the molecule is CCOC(=O)c1cnn(CCC2CCN(C(=O)OC(C)(C)C)CC2)c1OCC1CCCCC1. The predicted octanol–water partition coefficient (Wildman–Crippen LogP) is 5.06. The van der Waals surface area contributed by atoms with E-state index in [0.29, 0.717) is 56.1 Å². The molecule has 8 heteroatoms. The quantitative estimate of drug-likeness (QED) is 0.501. The maximum atomic E-state index is 12.4. The van der Waals surface area contributed by atoms with Crippen LogP contribution in [-0.4, -0.2) is 58.6 Å². The molecule has 0 atom stereocenters. The molecule has 2 aliphatic rings. The van der Waals surface area contributed by atoms with Crippen LogP contribution in [0.15, 0.2) is 6.20 Å². The molecule has 186 valence electrons. The molecular formula is C25H41N3O5. The standard InChI is InChI=1S/C25H41N3O5/c1-5-31-23(29)21-17-26-28(22(21)32-18-20-9-7-6-8-10-20)16-13-19-11-14-27(15-12-19)24(30)33-25(2,3)4/h17,19-20H,5-16,18H2,1-4H3.